The molecule has 0 aliphatic heterocycles. The maximum atomic E-state index is 11.0. The standard InChI is InChI=1S/C8H12O6/c1-5(9)14-6(8(11)13-3)4-7(10)12-2/h6H,4H2,1-3H3/t6-/m0/s1. The number of carbonyl (C=O) groups excluding carboxylic acids is 3. The highest BCUT2D eigenvalue weighted by Gasteiger charge is 2.25. The van der Waals surface area contributed by atoms with Crippen molar-refractivity contribution in [2.45, 2.75) is 19.4 Å². The van der Waals surface area contributed by atoms with Gasteiger partial charge in [-0.2, -0.15) is 0 Å². The molecule has 0 N–H and O–H groups in total. The van der Waals surface area contributed by atoms with Crippen LogP contribution in [0.1, 0.15) is 13.3 Å². The van der Waals surface area contributed by atoms with Gasteiger partial charge in [-0.25, -0.2) is 4.79 Å². The van der Waals surface area contributed by atoms with Crippen LogP contribution in [-0.2, 0) is 28.6 Å². The van der Waals surface area contributed by atoms with Crippen LogP contribution in [0.15, 0.2) is 0 Å². The Morgan fingerprint density at radius 3 is 2.07 bits per heavy atom. The molecule has 1 atom stereocenters. The van der Waals surface area contributed by atoms with Crippen molar-refractivity contribution in [1.82, 2.24) is 0 Å². The van der Waals surface area contributed by atoms with E-state index in [0.717, 1.165) is 14.0 Å². The van der Waals surface area contributed by atoms with Gasteiger partial charge in [-0.1, -0.05) is 0 Å². The predicted octanol–water partition coefficient (Wildman–Crippen LogP) is -0.346. The van der Waals surface area contributed by atoms with E-state index >= 15 is 0 Å². The fourth-order valence-electron chi connectivity index (χ4n) is 0.740. The average Bonchev–Trinajstić information content (AvgIpc) is 2.14. The van der Waals surface area contributed by atoms with Crippen molar-refractivity contribution in [2.75, 3.05) is 14.2 Å². The molecule has 0 radical (unpaired) electrons. The molecule has 0 saturated heterocycles. The molecule has 80 valence electrons. The monoisotopic (exact) mass is 204 g/mol. The van der Waals surface area contributed by atoms with Crippen molar-refractivity contribution in [1.29, 1.82) is 0 Å². The third kappa shape index (κ3) is 4.44. The topological polar surface area (TPSA) is 78.9 Å². The summed E-state index contributed by atoms with van der Waals surface area (Å²) in [5.74, 6) is -2.10. The van der Waals surface area contributed by atoms with E-state index in [2.05, 4.69) is 14.2 Å². The molecular weight excluding hydrogens is 192 g/mol. The van der Waals surface area contributed by atoms with Gasteiger partial charge in [0.25, 0.3) is 0 Å². The van der Waals surface area contributed by atoms with Gasteiger partial charge < -0.3 is 14.2 Å². The van der Waals surface area contributed by atoms with Crippen LogP contribution in [0.3, 0.4) is 0 Å². The second kappa shape index (κ2) is 5.95. The van der Waals surface area contributed by atoms with E-state index in [4.69, 9.17) is 0 Å². The van der Waals surface area contributed by atoms with Crippen LogP contribution in [-0.4, -0.2) is 38.2 Å². The summed E-state index contributed by atoms with van der Waals surface area (Å²) < 4.78 is 13.2. The van der Waals surface area contributed by atoms with Crippen LogP contribution >= 0.6 is 0 Å². The highest BCUT2D eigenvalue weighted by atomic mass is 16.6. The van der Waals surface area contributed by atoms with Gasteiger partial charge in [0.1, 0.15) is 0 Å². The van der Waals surface area contributed by atoms with E-state index in [1.807, 2.05) is 0 Å². The van der Waals surface area contributed by atoms with Gasteiger partial charge in [0.15, 0.2) is 0 Å². The largest absolute Gasteiger partial charge is 0.469 e. The number of esters is 3. The summed E-state index contributed by atoms with van der Waals surface area (Å²) in [7, 11) is 2.31. The number of rotatable bonds is 4. The number of methoxy groups -OCH3 is 2. The van der Waals surface area contributed by atoms with Gasteiger partial charge in [0.05, 0.1) is 20.6 Å². The van der Waals surface area contributed by atoms with Crippen molar-refractivity contribution in [3.63, 3.8) is 0 Å². The van der Waals surface area contributed by atoms with E-state index in [-0.39, 0.29) is 6.42 Å². The van der Waals surface area contributed by atoms with Crippen molar-refractivity contribution in [3.8, 4) is 0 Å². The lowest BCUT2D eigenvalue weighted by molar-refractivity contribution is -0.168. The Bertz CT molecular complexity index is 234. The van der Waals surface area contributed by atoms with Crippen LogP contribution in [0.4, 0.5) is 0 Å². The first-order valence-corrected chi connectivity index (χ1v) is 3.83. The van der Waals surface area contributed by atoms with E-state index in [1.165, 1.54) is 7.11 Å². The predicted molar refractivity (Wildman–Crippen MR) is 44.2 cm³/mol. The van der Waals surface area contributed by atoms with Gasteiger partial charge in [-0.15, -0.1) is 0 Å². The average molecular weight is 204 g/mol. The molecule has 0 aliphatic rings. The zero-order valence-electron chi connectivity index (χ0n) is 8.23. The van der Waals surface area contributed by atoms with Gasteiger partial charge in [0, 0.05) is 6.92 Å². The summed E-state index contributed by atoms with van der Waals surface area (Å²) in [6.45, 7) is 1.13. The van der Waals surface area contributed by atoms with Gasteiger partial charge in [-0.3, -0.25) is 9.59 Å². The molecule has 6 nitrogen and oxygen atoms in total. The van der Waals surface area contributed by atoms with Crippen LogP contribution in [0.2, 0.25) is 0 Å². The van der Waals surface area contributed by atoms with E-state index in [0.29, 0.717) is 0 Å². The molecule has 0 unspecified atom stereocenters. The second-order valence-electron chi connectivity index (χ2n) is 2.40. The van der Waals surface area contributed by atoms with Crippen LogP contribution in [0.25, 0.3) is 0 Å². The SMILES string of the molecule is COC(=O)C[C@H](OC(C)=O)C(=O)OC. The lowest BCUT2D eigenvalue weighted by atomic mass is 10.2. The zero-order chi connectivity index (χ0) is 11.1. The van der Waals surface area contributed by atoms with Crippen molar-refractivity contribution in [2.24, 2.45) is 0 Å². The van der Waals surface area contributed by atoms with Gasteiger partial charge >= 0.3 is 17.9 Å². The summed E-state index contributed by atoms with van der Waals surface area (Å²) in [6.07, 6.45) is -1.58. The number of carbonyl (C=O) groups is 3. The maximum Gasteiger partial charge on any atom is 0.347 e. The summed E-state index contributed by atoms with van der Waals surface area (Å²) >= 11 is 0. The zero-order valence-corrected chi connectivity index (χ0v) is 8.23. The molecule has 0 bridgehead atoms. The molecule has 0 heterocycles. The molecular formula is C8H12O6. The first-order valence-electron chi connectivity index (χ1n) is 3.83. The Kier molecular flexibility index (Phi) is 5.28. The Morgan fingerprint density at radius 1 is 1.14 bits per heavy atom. The molecule has 0 spiro atoms. The molecule has 0 saturated carbocycles. The Morgan fingerprint density at radius 2 is 1.71 bits per heavy atom. The minimum atomic E-state index is -1.23. The van der Waals surface area contributed by atoms with E-state index in [9.17, 15) is 14.4 Å². The molecule has 0 aromatic carbocycles. The lowest BCUT2D eigenvalue weighted by Gasteiger charge is -2.12. The minimum Gasteiger partial charge on any atom is -0.469 e. The molecule has 0 aromatic heterocycles. The number of ether oxygens (including phenoxy) is 3. The molecule has 0 rings (SSSR count). The first-order chi connectivity index (χ1) is 6.51. The summed E-state index contributed by atoms with van der Waals surface area (Å²) in [5, 5.41) is 0. The second-order valence-corrected chi connectivity index (χ2v) is 2.40. The molecule has 0 fully saturated rings. The quantitative estimate of drug-likeness (QED) is 0.460. The molecule has 0 amide bonds. The first kappa shape index (κ1) is 12.4. The normalized spacial score (nSPS) is 11.4. The molecule has 0 aliphatic carbocycles. The Balaban J connectivity index is 4.31. The van der Waals surface area contributed by atoms with Crippen LogP contribution in [0.5, 0.6) is 0 Å². The highest BCUT2D eigenvalue weighted by Crippen LogP contribution is 2.03. The third-order valence-electron chi connectivity index (χ3n) is 1.35. The van der Waals surface area contributed by atoms with Crippen molar-refractivity contribution < 1.29 is 28.6 Å². The van der Waals surface area contributed by atoms with Crippen molar-refractivity contribution in [3.05, 3.63) is 0 Å². The Labute approximate surface area is 81.1 Å². The summed E-state index contributed by atoms with van der Waals surface area (Å²) in [4.78, 5) is 32.4. The van der Waals surface area contributed by atoms with Gasteiger partial charge in [0.2, 0.25) is 6.10 Å². The smallest absolute Gasteiger partial charge is 0.347 e. The van der Waals surface area contributed by atoms with Crippen LogP contribution < -0.4 is 0 Å². The van der Waals surface area contributed by atoms with Crippen molar-refractivity contribution >= 4 is 17.9 Å². The third-order valence-corrected chi connectivity index (χ3v) is 1.35. The fraction of sp³-hybridized carbons (Fsp3) is 0.625. The number of hydrogen-bond donors (Lipinski definition) is 0. The fourth-order valence-corrected chi connectivity index (χ4v) is 0.740. The molecule has 6 heteroatoms. The molecule has 14 heavy (non-hydrogen) atoms. The highest BCUT2D eigenvalue weighted by molar-refractivity contribution is 5.83. The maximum absolute atomic E-state index is 11.0. The van der Waals surface area contributed by atoms with Crippen LogP contribution in [0, 0.1) is 0 Å². The number of hydrogen-bond acceptors (Lipinski definition) is 6. The Hall–Kier alpha value is -1.59. The lowest BCUT2D eigenvalue weighted by Crippen LogP contribution is -2.30. The van der Waals surface area contributed by atoms with Gasteiger partial charge in [-0.05, 0) is 0 Å². The van der Waals surface area contributed by atoms with E-state index in [1.54, 1.807) is 0 Å². The summed E-state index contributed by atoms with van der Waals surface area (Å²) in [5.41, 5.74) is 0. The summed E-state index contributed by atoms with van der Waals surface area (Å²) in [6, 6.07) is 0. The van der Waals surface area contributed by atoms with E-state index < -0.39 is 24.0 Å². The minimum absolute atomic E-state index is 0.344. The molecule has 0 aromatic rings.